The van der Waals surface area contributed by atoms with Gasteiger partial charge < -0.3 is 18.7 Å². The molecule has 4 heterocycles. The van der Waals surface area contributed by atoms with E-state index in [-0.39, 0.29) is 28.5 Å². The molecule has 1 N–H and O–H groups in total. The number of furan rings is 2. The molecule has 0 saturated carbocycles. The second-order valence-electron chi connectivity index (χ2n) is 5.70. The molecule has 0 spiro atoms. The molecule has 1 aliphatic heterocycles. The molecule has 1 aliphatic rings. The van der Waals surface area contributed by atoms with E-state index in [0.29, 0.717) is 24.4 Å². The van der Waals surface area contributed by atoms with Gasteiger partial charge in [-0.3, -0.25) is 9.59 Å². The van der Waals surface area contributed by atoms with Crippen molar-refractivity contribution in [3.05, 3.63) is 52.2 Å². The third kappa shape index (κ3) is 2.16. The summed E-state index contributed by atoms with van der Waals surface area (Å²) in [5.41, 5.74) is 0.128. The SMILES string of the molecule is Cc1oc2nc[nH]c(=O)c2c1C(=O)N1CCC(c2ccco2)C1. The normalized spacial score (nSPS) is 18.0. The number of likely N-dealkylation sites (tertiary alicyclic amines) is 1. The van der Waals surface area contributed by atoms with Gasteiger partial charge in [0.25, 0.3) is 11.5 Å². The minimum absolute atomic E-state index is 0.184. The number of carbonyl (C=O) groups is 1. The maximum absolute atomic E-state index is 12.9. The van der Waals surface area contributed by atoms with E-state index in [4.69, 9.17) is 8.83 Å². The van der Waals surface area contributed by atoms with Crippen molar-refractivity contribution in [2.75, 3.05) is 13.1 Å². The van der Waals surface area contributed by atoms with Gasteiger partial charge in [0.05, 0.1) is 18.2 Å². The molecule has 1 amide bonds. The van der Waals surface area contributed by atoms with Crippen LogP contribution < -0.4 is 5.56 Å². The minimum Gasteiger partial charge on any atom is -0.469 e. The number of rotatable bonds is 2. The molecule has 3 aromatic heterocycles. The standard InChI is InChI=1S/C16H15N3O4/c1-9-12(13-14(20)17-8-18-15(13)23-9)16(21)19-5-4-10(7-19)11-3-2-6-22-11/h2-3,6,8,10H,4-5,7H2,1H3,(H,17,18,20). The molecule has 0 radical (unpaired) electrons. The second-order valence-corrected chi connectivity index (χ2v) is 5.70. The van der Waals surface area contributed by atoms with Gasteiger partial charge in [0, 0.05) is 19.0 Å². The Balaban J connectivity index is 1.68. The van der Waals surface area contributed by atoms with Crippen molar-refractivity contribution < 1.29 is 13.6 Å². The lowest BCUT2D eigenvalue weighted by molar-refractivity contribution is 0.0790. The van der Waals surface area contributed by atoms with E-state index in [1.54, 1.807) is 18.1 Å². The minimum atomic E-state index is -0.364. The van der Waals surface area contributed by atoms with Gasteiger partial charge in [-0.15, -0.1) is 0 Å². The van der Waals surface area contributed by atoms with Crippen LogP contribution in [-0.2, 0) is 0 Å². The summed E-state index contributed by atoms with van der Waals surface area (Å²) in [7, 11) is 0. The lowest BCUT2D eigenvalue weighted by atomic mass is 10.1. The summed E-state index contributed by atoms with van der Waals surface area (Å²) >= 11 is 0. The third-order valence-corrected chi connectivity index (χ3v) is 4.31. The number of amides is 1. The molecule has 3 aromatic rings. The van der Waals surface area contributed by atoms with Crippen LogP contribution in [0.1, 0.15) is 34.2 Å². The van der Waals surface area contributed by atoms with Gasteiger partial charge in [-0.25, -0.2) is 4.98 Å². The molecule has 23 heavy (non-hydrogen) atoms. The Bertz CT molecular complexity index is 923. The van der Waals surface area contributed by atoms with Gasteiger partial charge in [0.2, 0.25) is 5.71 Å². The Hall–Kier alpha value is -2.83. The van der Waals surface area contributed by atoms with Crippen molar-refractivity contribution in [2.45, 2.75) is 19.3 Å². The maximum Gasteiger partial charge on any atom is 0.262 e. The largest absolute Gasteiger partial charge is 0.469 e. The van der Waals surface area contributed by atoms with Crippen molar-refractivity contribution >= 4 is 17.0 Å². The summed E-state index contributed by atoms with van der Waals surface area (Å²) in [6.07, 6.45) is 3.74. The van der Waals surface area contributed by atoms with Crippen LogP contribution in [0.5, 0.6) is 0 Å². The van der Waals surface area contributed by atoms with Crippen molar-refractivity contribution in [3.8, 4) is 0 Å². The summed E-state index contributed by atoms with van der Waals surface area (Å²) in [5, 5.41) is 0.219. The monoisotopic (exact) mass is 313 g/mol. The van der Waals surface area contributed by atoms with Crippen molar-refractivity contribution in [1.29, 1.82) is 0 Å². The van der Waals surface area contributed by atoms with E-state index in [1.807, 2.05) is 12.1 Å². The molecule has 1 fully saturated rings. The van der Waals surface area contributed by atoms with Crippen molar-refractivity contribution in [2.24, 2.45) is 0 Å². The van der Waals surface area contributed by atoms with E-state index in [9.17, 15) is 9.59 Å². The number of hydrogen-bond donors (Lipinski definition) is 1. The van der Waals surface area contributed by atoms with Crippen LogP contribution in [0.3, 0.4) is 0 Å². The molecule has 0 aromatic carbocycles. The summed E-state index contributed by atoms with van der Waals surface area (Å²) < 4.78 is 10.9. The van der Waals surface area contributed by atoms with Crippen LogP contribution in [0, 0.1) is 6.92 Å². The van der Waals surface area contributed by atoms with E-state index in [1.165, 1.54) is 6.33 Å². The van der Waals surface area contributed by atoms with Crippen LogP contribution in [-0.4, -0.2) is 33.9 Å². The number of fused-ring (bicyclic) bond motifs is 1. The Morgan fingerprint density at radius 3 is 3.13 bits per heavy atom. The first-order valence-electron chi connectivity index (χ1n) is 7.44. The molecule has 4 rings (SSSR count). The average molecular weight is 313 g/mol. The molecule has 0 aliphatic carbocycles. The fraction of sp³-hybridized carbons (Fsp3) is 0.312. The highest BCUT2D eigenvalue weighted by molar-refractivity contribution is 6.06. The number of hydrogen-bond acceptors (Lipinski definition) is 5. The Kier molecular flexibility index (Phi) is 3.07. The molecule has 1 unspecified atom stereocenters. The van der Waals surface area contributed by atoms with Crippen LogP contribution in [0.25, 0.3) is 11.1 Å². The fourth-order valence-electron chi connectivity index (χ4n) is 3.17. The Labute approximate surface area is 130 Å². The Morgan fingerprint density at radius 1 is 1.48 bits per heavy atom. The van der Waals surface area contributed by atoms with Gasteiger partial charge in [-0.05, 0) is 25.5 Å². The van der Waals surface area contributed by atoms with E-state index in [0.717, 1.165) is 12.2 Å². The van der Waals surface area contributed by atoms with Gasteiger partial charge in [0.15, 0.2) is 0 Å². The molecule has 7 nitrogen and oxygen atoms in total. The van der Waals surface area contributed by atoms with Crippen LogP contribution in [0.2, 0.25) is 0 Å². The number of carbonyl (C=O) groups excluding carboxylic acids is 1. The highest BCUT2D eigenvalue weighted by atomic mass is 16.3. The lowest BCUT2D eigenvalue weighted by Crippen LogP contribution is -2.29. The van der Waals surface area contributed by atoms with Crippen molar-refractivity contribution in [3.63, 3.8) is 0 Å². The van der Waals surface area contributed by atoms with Gasteiger partial charge >= 0.3 is 0 Å². The average Bonchev–Trinajstić information content (AvgIpc) is 3.25. The number of nitrogens with one attached hydrogen (secondary N) is 1. The highest BCUT2D eigenvalue weighted by Gasteiger charge is 2.32. The van der Waals surface area contributed by atoms with E-state index in [2.05, 4.69) is 9.97 Å². The number of H-pyrrole nitrogens is 1. The Morgan fingerprint density at radius 2 is 2.35 bits per heavy atom. The quantitative estimate of drug-likeness (QED) is 0.781. The van der Waals surface area contributed by atoms with Crippen LogP contribution in [0.15, 0.2) is 38.4 Å². The smallest absolute Gasteiger partial charge is 0.262 e. The van der Waals surface area contributed by atoms with E-state index < -0.39 is 0 Å². The first-order chi connectivity index (χ1) is 11.1. The number of aromatic amines is 1. The zero-order valence-electron chi connectivity index (χ0n) is 12.5. The summed E-state index contributed by atoms with van der Waals surface area (Å²) in [4.78, 5) is 33.1. The number of aromatic nitrogens is 2. The molecule has 1 saturated heterocycles. The number of nitrogens with zero attached hydrogens (tertiary/aromatic N) is 2. The molecular formula is C16H15N3O4. The third-order valence-electron chi connectivity index (χ3n) is 4.31. The second kappa shape index (κ2) is 5.12. The summed E-state index contributed by atoms with van der Waals surface area (Å²) in [5.74, 6) is 1.28. The summed E-state index contributed by atoms with van der Waals surface area (Å²) in [6, 6.07) is 3.77. The zero-order valence-corrected chi connectivity index (χ0v) is 12.5. The zero-order chi connectivity index (χ0) is 16.0. The van der Waals surface area contributed by atoms with Crippen LogP contribution >= 0.6 is 0 Å². The van der Waals surface area contributed by atoms with Crippen molar-refractivity contribution in [1.82, 2.24) is 14.9 Å². The predicted molar refractivity (Wildman–Crippen MR) is 81.3 cm³/mol. The van der Waals surface area contributed by atoms with Crippen LogP contribution in [0.4, 0.5) is 0 Å². The fourth-order valence-corrected chi connectivity index (χ4v) is 3.17. The first-order valence-corrected chi connectivity index (χ1v) is 7.44. The topological polar surface area (TPSA) is 92.3 Å². The lowest BCUT2D eigenvalue weighted by Gasteiger charge is -2.15. The van der Waals surface area contributed by atoms with Gasteiger partial charge in [-0.2, -0.15) is 0 Å². The van der Waals surface area contributed by atoms with E-state index >= 15 is 0 Å². The molecule has 118 valence electrons. The molecule has 1 atom stereocenters. The first kappa shape index (κ1) is 13.8. The molecular weight excluding hydrogens is 298 g/mol. The van der Waals surface area contributed by atoms with Gasteiger partial charge in [-0.1, -0.05) is 0 Å². The predicted octanol–water partition coefficient (Wildman–Crippen LogP) is 2.05. The van der Waals surface area contributed by atoms with Gasteiger partial charge in [0.1, 0.15) is 16.9 Å². The summed E-state index contributed by atoms with van der Waals surface area (Å²) in [6.45, 7) is 2.86. The molecule has 7 heteroatoms. The number of aryl methyl sites for hydroxylation is 1. The highest BCUT2D eigenvalue weighted by Crippen LogP contribution is 2.30. The molecule has 0 bridgehead atoms. The maximum atomic E-state index is 12.9.